The molecule has 0 aliphatic carbocycles. The van der Waals surface area contributed by atoms with Crippen LogP contribution in [0.5, 0.6) is 5.75 Å². The van der Waals surface area contributed by atoms with E-state index in [9.17, 15) is 0 Å². The van der Waals surface area contributed by atoms with Crippen LogP contribution in [0.1, 0.15) is 23.6 Å². The van der Waals surface area contributed by atoms with Gasteiger partial charge in [0.05, 0.1) is 32.4 Å². The highest BCUT2D eigenvalue weighted by Gasteiger charge is 2.20. The fourth-order valence-corrected chi connectivity index (χ4v) is 2.71. The summed E-state index contributed by atoms with van der Waals surface area (Å²) in [4.78, 5) is 4.34. The minimum Gasteiger partial charge on any atom is -0.493 e. The lowest BCUT2D eigenvalue weighted by molar-refractivity contribution is 0.128. The van der Waals surface area contributed by atoms with Crippen molar-refractivity contribution in [2.24, 2.45) is 10.7 Å². The zero-order valence-corrected chi connectivity index (χ0v) is 16.4. The third kappa shape index (κ3) is 5.89. The van der Waals surface area contributed by atoms with E-state index in [2.05, 4.69) is 16.4 Å². The molecule has 1 aliphatic heterocycles. The smallest absolute Gasteiger partial charge is 0.189 e. The molecule has 0 aromatic heterocycles. The molecular formula is C19H24IN3O2. The second-order valence-corrected chi connectivity index (χ2v) is 5.68. The van der Waals surface area contributed by atoms with E-state index in [0.29, 0.717) is 32.3 Å². The molecule has 134 valence electrons. The normalized spacial score (nSPS) is 16.3. The Labute approximate surface area is 165 Å². The van der Waals surface area contributed by atoms with Crippen molar-refractivity contribution in [3.63, 3.8) is 0 Å². The van der Waals surface area contributed by atoms with Gasteiger partial charge in [-0.2, -0.15) is 0 Å². The average molecular weight is 453 g/mol. The van der Waals surface area contributed by atoms with Crippen LogP contribution >= 0.6 is 24.0 Å². The number of guanidine groups is 1. The van der Waals surface area contributed by atoms with E-state index in [1.165, 1.54) is 0 Å². The quantitative estimate of drug-likeness (QED) is 0.305. The van der Waals surface area contributed by atoms with Crippen molar-refractivity contribution in [2.45, 2.75) is 19.1 Å². The number of nitrogens with zero attached hydrogens (tertiary/aromatic N) is 1. The van der Waals surface area contributed by atoms with Crippen molar-refractivity contribution < 1.29 is 9.47 Å². The maximum Gasteiger partial charge on any atom is 0.189 e. The Bertz CT molecular complexity index is 679. The van der Waals surface area contributed by atoms with Gasteiger partial charge in [0.25, 0.3) is 0 Å². The number of halogens is 1. The van der Waals surface area contributed by atoms with E-state index in [1.54, 1.807) is 0 Å². The number of rotatable bonds is 6. The monoisotopic (exact) mass is 453 g/mol. The lowest BCUT2D eigenvalue weighted by Crippen LogP contribution is -2.37. The van der Waals surface area contributed by atoms with Gasteiger partial charge < -0.3 is 20.5 Å². The van der Waals surface area contributed by atoms with Crippen molar-refractivity contribution in [1.82, 2.24) is 5.32 Å². The molecule has 2 aromatic rings. The number of fused-ring (bicyclic) bond motifs is 1. The first-order chi connectivity index (χ1) is 11.8. The number of aliphatic imine (C=N–C) groups is 1. The van der Waals surface area contributed by atoms with Crippen molar-refractivity contribution >= 4 is 29.9 Å². The highest BCUT2D eigenvalue weighted by molar-refractivity contribution is 14.0. The average Bonchev–Trinajstić information content (AvgIpc) is 2.63. The second-order valence-electron chi connectivity index (χ2n) is 5.68. The van der Waals surface area contributed by atoms with E-state index in [0.717, 1.165) is 23.3 Å². The molecule has 5 nitrogen and oxygen atoms in total. The molecule has 0 saturated carbocycles. The fraction of sp³-hybridized carbons (Fsp3) is 0.316. The van der Waals surface area contributed by atoms with Crippen molar-refractivity contribution in [2.75, 3.05) is 19.8 Å². The van der Waals surface area contributed by atoms with Gasteiger partial charge in [-0.05, 0) is 11.6 Å². The summed E-state index contributed by atoms with van der Waals surface area (Å²) in [6, 6.07) is 18.3. The molecular weight excluding hydrogens is 429 g/mol. The van der Waals surface area contributed by atoms with Gasteiger partial charge in [-0.3, -0.25) is 4.99 Å². The number of ether oxygens (including phenoxy) is 2. The highest BCUT2D eigenvalue weighted by Crippen LogP contribution is 2.31. The molecule has 1 heterocycles. The summed E-state index contributed by atoms with van der Waals surface area (Å²) in [6.45, 7) is 2.36. The van der Waals surface area contributed by atoms with Gasteiger partial charge in [-0.1, -0.05) is 48.5 Å². The van der Waals surface area contributed by atoms with Crippen molar-refractivity contribution in [3.05, 3.63) is 65.7 Å². The standard InChI is InChI=1S/C19H23N3O2.HI/c20-19(21-11-13-23-14-15-6-2-1-3-7-15)22-17-10-12-24-18-9-5-4-8-16(17)18;/h1-9,17H,10-14H2,(H3,20,21,22);1H. The van der Waals surface area contributed by atoms with Gasteiger partial charge in [-0.15, -0.1) is 24.0 Å². The molecule has 1 unspecified atom stereocenters. The zero-order chi connectivity index (χ0) is 16.6. The number of nitrogens with two attached hydrogens (primary N) is 1. The van der Waals surface area contributed by atoms with E-state index in [-0.39, 0.29) is 30.0 Å². The summed E-state index contributed by atoms with van der Waals surface area (Å²) in [5.41, 5.74) is 8.28. The molecule has 0 amide bonds. The summed E-state index contributed by atoms with van der Waals surface area (Å²) >= 11 is 0. The molecule has 1 aliphatic rings. The van der Waals surface area contributed by atoms with Gasteiger partial charge in [0.1, 0.15) is 5.75 Å². The van der Waals surface area contributed by atoms with Crippen molar-refractivity contribution in [1.29, 1.82) is 0 Å². The van der Waals surface area contributed by atoms with Gasteiger partial charge in [0.2, 0.25) is 0 Å². The summed E-state index contributed by atoms with van der Waals surface area (Å²) < 4.78 is 11.3. The highest BCUT2D eigenvalue weighted by atomic mass is 127. The summed E-state index contributed by atoms with van der Waals surface area (Å²) in [7, 11) is 0. The van der Waals surface area contributed by atoms with Crippen LogP contribution in [-0.2, 0) is 11.3 Å². The third-order valence-electron chi connectivity index (χ3n) is 3.91. The summed E-state index contributed by atoms with van der Waals surface area (Å²) in [5, 5.41) is 3.28. The predicted octanol–water partition coefficient (Wildman–Crippen LogP) is 3.25. The minimum atomic E-state index is 0. The van der Waals surface area contributed by atoms with E-state index >= 15 is 0 Å². The maximum atomic E-state index is 6.00. The van der Waals surface area contributed by atoms with Crippen LogP contribution in [0, 0.1) is 0 Å². The lowest BCUT2D eigenvalue weighted by atomic mass is 10.0. The van der Waals surface area contributed by atoms with E-state index < -0.39 is 0 Å². The molecule has 1 atom stereocenters. The minimum absolute atomic E-state index is 0. The molecule has 25 heavy (non-hydrogen) atoms. The van der Waals surface area contributed by atoms with Gasteiger partial charge >= 0.3 is 0 Å². The largest absolute Gasteiger partial charge is 0.493 e. The maximum absolute atomic E-state index is 6.00. The number of hydrogen-bond donors (Lipinski definition) is 2. The first kappa shape index (κ1) is 19.5. The van der Waals surface area contributed by atoms with Gasteiger partial charge in [-0.25, -0.2) is 0 Å². The van der Waals surface area contributed by atoms with Crippen LogP contribution in [0.2, 0.25) is 0 Å². The molecule has 3 rings (SSSR count). The van der Waals surface area contributed by atoms with Gasteiger partial charge in [0.15, 0.2) is 5.96 Å². The number of benzene rings is 2. The van der Waals surface area contributed by atoms with Crippen molar-refractivity contribution in [3.8, 4) is 5.75 Å². The Morgan fingerprint density at radius 1 is 1.16 bits per heavy atom. The Kier molecular flexibility index (Phi) is 8.00. The second kappa shape index (κ2) is 10.2. The molecule has 2 aromatic carbocycles. The molecule has 6 heteroatoms. The third-order valence-corrected chi connectivity index (χ3v) is 3.91. The first-order valence-electron chi connectivity index (χ1n) is 8.23. The molecule has 0 saturated heterocycles. The molecule has 0 fully saturated rings. The first-order valence-corrected chi connectivity index (χ1v) is 8.23. The Hall–Kier alpha value is -1.80. The van der Waals surface area contributed by atoms with Crippen LogP contribution in [0.3, 0.4) is 0 Å². The number of para-hydroxylation sites is 1. The number of hydrogen-bond acceptors (Lipinski definition) is 3. The summed E-state index contributed by atoms with van der Waals surface area (Å²) in [5.74, 6) is 1.36. The van der Waals surface area contributed by atoms with Crippen LogP contribution in [0.15, 0.2) is 59.6 Å². The Morgan fingerprint density at radius 2 is 1.92 bits per heavy atom. The predicted molar refractivity (Wildman–Crippen MR) is 110 cm³/mol. The van der Waals surface area contributed by atoms with E-state index in [1.807, 2.05) is 48.5 Å². The molecule has 0 bridgehead atoms. The van der Waals surface area contributed by atoms with E-state index in [4.69, 9.17) is 15.2 Å². The topological polar surface area (TPSA) is 68.9 Å². The van der Waals surface area contributed by atoms with Gasteiger partial charge in [0, 0.05) is 12.0 Å². The van der Waals surface area contributed by atoms with Crippen LogP contribution in [0.25, 0.3) is 0 Å². The van der Waals surface area contributed by atoms with Crippen LogP contribution in [0.4, 0.5) is 0 Å². The zero-order valence-electron chi connectivity index (χ0n) is 14.1. The molecule has 0 spiro atoms. The number of nitrogens with one attached hydrogen (secondary N) is 1. The van der Waals surface area contributed by atoms with Crippen LogP contribution < -0.4 is 15.8 Å². The Morgan fingerprint density at radius 3 is 2.76 bits per heavy atom. The summed E-state index contributed by atoms with van der Waals surface area (Å²) in [6.07, 6.45) is 0.873. The molecule has 3 N–H and O–H groups in total. The fourth-order valence-electron chi connectivity index (χ4n) is 2.71. The Balaban J connectivity index is 0.00000225. The van der Waals surface area contributed by atoms with Crippen LogP contribution in [-0.4, -0.2) is 25.7 Å². The molecule has 0 radical (unpaired) electrons. The SMILES string of the molecule is I.NC(=NCCOCc1ccccc1)NC1CCOc2ccccc21. The lowest BCUT2D eigenvalue weighted by Gasteiger charge is -2.26.